The summed E-state index contributed by atoms with van der Waals surface area (Å²) >= 11 is 0. The number of hydrogen-bond donors (Lipinski definition) is 1. The Hall–Kier alpha value is -1.86. The van der Waals surface area contributed by atoms with Crippen LogP contribution in [0.2, 0.25) is 0 Å². The van der Waals surface area contributed by atoms with Crippen molar-refractivity contribution in [2.24, 2.45) is 0 Å². The molecule has 0 atom stereocenters. The summed E-state index contributed by atoms with van der Waals surface area (Å²) in [6.45, 7) is 1.65. The van der Waals surface area contributed by atoms with Gasteiger partial charge in [-0.1, -0.05) is 18.2 Å². The topological polar surface area (TPSA) is 80.3 Å². The molecule has 0 saturated heterocycles. The van der Waals surface area contributed by atoms with E-state index in [2.05, 4.69) is 4.72 Å². The van der Waals surface area contributed by atoms with Crippen molar-refractivity contribution >= 4 is 25.5 Å². The Morgan fingerprint density at radius 3 is 2.00 bits per heavy atom. The zero-order valence-electron chi connectivity index (χ0n) is 11.6. The maximum atomic E-state index is 12.4. The van der Waals surface area contributed by atoms with Gasteiger partial charge < -0.3 is 0 Å². The van der Waals surface area contributed by atoms with E-state index < -0.39 is 19.9 Å². The molecular formula is C14H15NO4S2. The van der Waals surface area contributed by atoms with Gasteiger partial charge in [0.15, 0.2) is 0 Å². The van der Waals surface area contributed by atoms with Crippen LogP contribution in [0, 0.1) is 6.92 Å². The number of anilines is 1. The van der Waals surface area contributed by atoms with E-state index >= 15 is 0 Å². The summed E-state index contributed by atoms with van der Waals surface area (Å²) in [6, 6.07) is 12.4. The first-order chi connectivity index (χ1) is 9.70. The number of hydrogen-bond acceptors (Lipinski definition) is 4. The number of benzene rings is 2. The second-order valence-corrected chi connectivity index (χ2v) is 8.37. The number of rotatable bonds is 4. The van der Waals surface area contributed by atoms with Crippen LogP contribution in [0.15, 0.2) is 58.3 Å². The van der Waals surface area contributed by atoms with Gasteiger partial charge in [-0.2, -0.15) is 0 Å². The van der Waals surface area contributed by atoms with E-state index in [1.165, 1.54) is 30.3 Å². The SMILES string of the molecule is Cc1cc(S(=O)(=O)c2ccccc2)ccc1NS(C)(=O)=O. The predicted octanol–water partition coefficient (Wildman–Crippen LogP) is 2.20. The van der Waals surface area contributed by atoms with Crippen LogP contribution in [-0.2, 0) is 19.9 Å². The highest BCUT2D eigenvalue weighted by Crippen LogP contribution is 2.25. The molecule has 0 amide bonds. The van der Waals surface area contributed by atoms with Crippen LogP contribution in [0.1, 0.15) is 5.56 Å². The predicted molar refractivity (Wildman–Crippen MR) is 81.5 cm³/mol. The molecule has 0 saturated carbocycles. The Balaban J connectivity index is 2.46. The minimum Gasteiger partial charge on any atom is -0.284 e. The van der Waals surface area contributed by atoms with Crippen molar-refractivity contribution in [3.05, 3.63) is 54.1 Å². The van der Waals surface area contributed by atoms with Crippen LogP contribution in [-0.4, -0.2) is 23.1 Å². The van der Waals surface area contributed by atoms with Crippen LogP contribution in [0.4, 0.5) is 5.69 Å². The molecular weight excluding hydrogens is 310 g/mol. The summed E-state index contributed by atoms with van der Waals surface area (Å²) in [5.74, 6) is 0. The molecule has 0 aliphatic heterocycles. The van der Waals surface area contributed by atoms with Gasteiger partial charge in [0, 0.05) is 0 Å². The molecule has 0 spiro atoms. The highest BCUT2D eigenvalue weighted by molar-refractivity contribution is 7.92. The van der Waals surface area contributed by atoms with E-state index in [4.69, 9.17) is 0 Å². The molecule has 21 heavy (non-hydrogen) atoms. The highest BCUT2D eigenvalue weighted by Gasteiger charge is 2.18. The molecule has 0 fully saturated rings. The monoisotopic (exact) mass is 325 g/mol. The lowest BCUT2D eigenvalue weighted by Crippen LogP contribution is -2.11. The molecule has 0 heterocycles. The zero-order chi connectivity index (χ0) is 15.7. The third-order valence-electron chi connectivity index (χ3n) is 2.86. The summed E-state index contributed by atoms with van der Waals surface area (Å²) < 4.78 is 49.7. The van der Waals surface area contributed by atoms with Crippen molar-refractivity contribution in [2.75, 3.05) is 11.0 Å². The Kier molecular flexibility index (Phi) is 4.06. The maximum absolute atomic E-state index is 12.4. The average molecular weight is 325 g/mol. The van der Waals surface area contributed by atoms with Gasteiger partial charge in [-0.05, 0) is 42.8 Å². The lowest BCUT2D eigenvalue weighted by molar-refractivity contribution is 0.596. The van der Waals surface area contributed by atoms with Crippen molar-refractivity contribution in [1.29, 1.82) is 0 Å². The first-order valence-electron chi connectivity index (χ1n) is 6.09. The lowest BCUT2D eigenvalue weighted by Gasteiger charge is -2.10. The molecule has 2 aromatic rings. The lowest BCUT2D eigenvalue weighted by atomic mass is 10.2. The molecule has 0 aromatic heterocycles. The van der Waals surface area contributed by atoms with Crippen molar-refractivity contribution < 1.29 is 16.8 Å². The van der Waals surface area contributed by atoms with Crippen molar-refractivity contribution in [1.82, 2.24) is 0 Å². The van der Waals surface area contributed by atoms with Gasteiger partial charge in [0.2, 0.25) is 19.9 Å². The summed E-state index contributed by atoms with van der Waals surface area (Å²) in [5, 5.41) is 0. The molecule has 0 aliphatic carbocycles. The first-order valence-corrected chi connectivity index (χ1v) is 9.46. The third kappa shape index (κ3) is 3.62. The molecule has 7 heteroatoms. The zero-order valence-corrected chi connectivity index (χ0v) is 13.2. The minimum atomic E-state index is -3.60. The number of sulfonamides is 1. The van der Waals surface area contributed by atoms with Crippen molar-refractivity contribution in [3.63, 3.8) is 0 Å². The molecule has 2 aromatic carbocycles. The third-order valence-corrected chi connectivity index (χ3v) is 5.22. The van der Waals surface area contributed by atoms with Crippen molar-refractivity contribution in [2.45, 2.75) is 16.7 Å². The van der Waals surface area contributed by atoms with Crippen LogP contribution in [0.3, 0.4) is 0 Å². The van der Waals surface area contributed by atoms with E-state index in [0.29, 0.717) is 11.3 Å². The van der Waals surface area contributed by atoms with Gasteiger partial charge in [-0.3, -0.25) is 4.72 Å². The summed E-state index contributed by atoms with van der Waals surface area (Å²) in [5.41, 5.74) is 0.905. The normalized spacial score (nSPS) is 12.1. The van der Waals surface area contributed by atoms with Gasteiger partial charge in [-0.15, -0.1) is 0 Å². The number of nitrogens with one attached hydrogen (secondary N) is 1. The number of sulfone groups is 1. The molecule has 2 rings (SSSR count). The number of aryl methyl sites for hydroxylation is 1. The minimum absolute atomic E-state index is 0.130. The molecule has 0 bridgehead atoms. The van der Waals surface area contributed by atoms with E-state index in [0.717, 1.165) is 6.26 Å². The fourth-order valence-electron chi connectivity index (χ4n) is 1.85. The Labute approximate surface area is 124 Å². The largest absolute Gasteiger partial charge is 0.284 e. The van der Waals surface area contributed by atoms with E-state index in [-0.39, 0.29) is 9.79 Å². The molecule has 0 unspecified atom stereocenters. The van der Waals surface area contributed by atoms with Gasteiger partial charge in [0.05, 0.1) is 21.7 Å². The molecule has 5 nitrogen and oxygen atoms in total. The average Bonchev–Trinajstić information content (AvgIpc) is 2.40. The van der Waals surface area contributed by atoms with Gasteiger partial charge in [-0.25, -0.2) is 16.8 Å². The second kappa shape index (κ2) is 5.50. The Bertz CT molecular complexity index is 857. The Morgan fingerprint density at radius 2 is 1.48 bits per heavy atom. The van der Waals surface area contributed by atoms with Crippen LogP contribution < -0.4 is 4.72 Å². The van der Waals surface area contributed by atoms with Crippen molar-refractivity contribution in [3.8, 4) is 0 Å². The quantitative estimate of drug-likeness (QED) is 0.934. The summed E-state index contributed by atoms with van der Waals surface area (Å²) in [4.78, 5) is 0.332. The summed E-state index contributed by atoms with van der Waals surface area (Å²) in [7, 11) is -7.00. The van der Waals surface area contributed by atoms with E-state index in [1.54, 1.807) is 25.1 Å². The maximum Gasteiger partial charge on any atom is 0.229 e. The summed E-state index contributed by atoms with van der Waals surface area (Å²) in [6.07, 6.45) is 1.04. The van der Waals surface area contributed by atoms with Gasteiger partial charge in [0.1, 0.15) is 0 Å². The van der Waals surface area contributed by atoms with Crippen LogP contribution in [0.25, 0.3) is 0 Å². The van der Waals surface area contributed by atoms with E-state index in [9.17, 15) is 16.8 Å². The fraction of sp³-hybridized carbons (Fsp3) is 0.143. The van der Waals surface area contributed by atoms with Gasteiger partial charge >= 0.3 is 0 Å². The highest BCUT2D eigenvalue weighted by atomic mass is 32.2. The van der Waals surface area contributed by atoms with Crippen LogP contribution >= 0.6 is 0 Å². The molecule has 0 radical (unpaired) electrons. The second-order valence-electron chi connectivity index (χ2n) is 4.67. The van der Waals surface area contributed by atoms with Gasteiger partial charge in [0.25, 0.3) is 0 Å². The first kappa shape index (κ1) is 15.5. The molecule has 1 N–H and O–H groups in total. The van der Waals surface area contributed by atoms with Crippen LogP contribution in [0.5, 0.6) is 0 Å². The molecule has 0 aliphatic rings. The molecule has 112 valence electrons. The Morgan fingerprint density at radius 1 is 0.857 bits per heavy atom. The van der Waals surface area contributed by atoms with E-state index in [1.807, 2.05) is 0 Å². The fourth-order valence-corrected chi connectivity index (χ4v) is 3.85. The standard InChI is InChI=1S/C14H15NO4S2/c1-11-10-13(8-9-14(11)15-20(2,16)17)21(18,19)12-6-4-3-5-7-12/h3-10,15H,1-2H3. The smallest absolute Gasteiger partial charge is 0.229 e.